The van der Waals surface area contributed by atoms with E-state index >= 15 is 0 Å². The number of rotatable bonds is 9. The third kappa shape index (κ3) is 8.55. The van der Waals surface area contributed by atoms with Crippen LogP contribution in [-0.2, 0) is 4.74 Å². The summed E-state index contributed by atoms with van der Waals surface area (Å²) in [5.41, 5.74) is -1.11. The maximum Gasteiger partial charge on any atom is 0.410 e. The molecule has 1 aromatic carbocycles. The summed E-state index contributed by atoms with van der Waals surface area (Å²) in [5, 5.41) is 14.4. The molecule has 0 spiro atoms. The minimum absolute atomic E-state index is 0.116. The van der Waals surface area contributed by atoms with Crippen molar-refractivity contribution < 1.29 is 28.0 Å². The summed E-state index contributed by atoms with van der Waals surface area (Å²) in [6, 6.07) is 8.99. The lowest BCUT2D eigenvalue weighted by molar-refractivity contribution is -0.384. The molecular formula is C31H40ClF2N5O5. The van der Waals surface area contributed by atoms with Crippen LogP contribution in [0.4, 0.5) is 30.8 Å². The number of likely N-dealkylation sites (tertiary alicyclic amines) is 1. The number of carbonyl (C=O) groups is 2. The van der Waals surface area contributed by atoms with E-state index in [9.17, 15) is 28.5 Å². The number of hydrogen-bond donors (Lipinski definition) is 1. The number of ether oxygens (including phenoxy) is 1. The van der Waals surface area contributed by atoms with E-state index < -0.39 is 34.4 Å². The minimum atomic E-state index is -2.47. The molecule has 3 heterocycles. The molecule has 10 nitrogen and oxygen atoms in total. The van der Waals surface area contributed by atoms with Crippen molar-refractivity contribution in [2.24, 2.45) is 11.3 Å². The Bertz CT molecular complexity index is 1340. The molecule has 2 aliphatic heterocycles. The zero-order valence-electron chi connectivity index (χ0n) is 25.4. The number of benzene rings is 1. The third-order valence-electron chi connectivity index (χ3n) is 8.51. The largest absolute Gasteiger partial charge is 0.444 e. The summed E-state index contributed by atoms with van der Waals surface area (Å²) in [6.07, 6.45) is 0.930. The highest BCUT2D eigenvalue weighted by Gasteiger charge is 2.43. The van der Waals surface area contributed by atoms with Gasteiger partial charge in [0.25, 0.3) is 11.6 Å². The molecule has 44 heavy (non-hydrogen) atoms. The van der Waals surface area contributed by atoms with E-state index in [0.29, 0.717) is 37.5 Å². The molecule has 0 saturated carbocycles. The number of hydrogen-bond acceptors (Lipinski definition) is 7. The first kappa shape index (κ1) is 33.4. The van der Waals surface area contributed by atoms with Gasteiger partial charge in [0.1, 0.15) is 16.6 Å². The zero-order chi connectivity index (χ0) is 32.1. The van der Waals surface area contributed by atoms with Crippen molar-refractivity contribution in [3.05, 3.63) is 57.2 Å². The monoisotopic (exact) mass is 635 g/mol. The highest BCUT2D eigenvalue weighted by molar-refractivity contribution is 6.29. The highest BCUT2D eigenvalue weighted by Crippen LogP contribution is 2.43. The Hall–Kier alpha value is -3.54. The molecule has 1 N–H and O–H groups in total. The number of nitro benzene ring substituents is 1. The van der Waals surface area contributed by atoms with Crippen molar-refractivity contribution in [2.75, 3.05) is 36.4 Å². The summed E-state index contributed by atoms with van der Waals surface area (Å²) < 4.78 is 34.0. The van der Waals surface area contributed by atoms with E-state index in [0.717, 1.165) is 19.3 Å². The first-order valence-electron chi connectivity index (χ1n) is 15.0. The highest BCUT2D eigenvalue weighted by atomic mass is 35.5. The van der Waals surface area contributed by atoms with Crippen LogP contribution < -0.4 is 10.2 Å². The van der Waals surface area contributed by atoms with Gasteiger partial charge >= 0.3 is 6.09 Å². The van der Waals surface area contributed by atoms with E-state index in [4.69, 9.17) is 16.3 Å². The maximum absolute atomic E-state index is 14.3. The van der Waals surface area contributed by atoms with Crippen LogP contribution in [0, 0.1) is 21.4 Å². The number of nitrogens with one attached hydrogen (secondary N) is 1. The van der Waals surface area contributed by atoms with Crippen LogP contribution >= 0.6 is 11.6 Å². The summed E-state index contributed by atoms with van der Waals surface area (Å²) in [7, 11) is 0. The SMILES string of the molecule is CC(C)(C)OC(=O)N1CCC(CCCC2CCN(c3cc([N+](=O)[O-])ccc3C(=O)Nc3cccc(Cl)n3)CC2)(C(F)F)CC1. The number of anilines is 2. The molecule has 2 fully saturated rings. The van der Waals surface area contributed by atoms with Gasteiger partial charge in [-0.1, -0.05) is 30.5 Å². The third-order valence-corrected chi connectivity index (χ3v) is 8.72. The predicted molar refractivity (Wildman–Crippen MR) is 165 cm³/mol. The Kier molecular flexibility index (Phi) is 10.6. The molecule has 0 aliphatic carbocycles. The van der Waals surface area contributed by atoms with Crippen molar-refractivity contribution >= 4 is 40.8 Å². The first-order chi connectivity index (χ1) is 20.8. The van der Waals surface area contributed by atoms with Crippen LogP contribution in [0.3, 0.4) is 0 Å². The molecule has 2 aliphatic rings. The fourth-order valence-corrected chi connectivity index (χ4v) is 6.16. The predicted octanol–water partition coefficient (Wildman–Crippen LogP) is 7.56. The van der Waals surface area contributed by atoms with Crippen LogP contribution in [-0.4, -0.2) is 65.0 Å². The Balaban J connectivity index is 1.33. The Labute approximate surface area is 261 Å². The number of alkyl halides is 2. The summed E-state index contributed by atoms with van der Waals surface area (Å²) in [4.78, 5) is 44.1. The van der Waals surface area contributed by atoms with E-state index in [1.807, 2.05) is 4.90 Å². The van der Waals surface area contributed by atoms with Crippen molar-refractivity contribution in [2.45, 2.75) is 77.7 Å². The van der Waals surface area contributed by atoms with Gasteiger partial charge in [-0.25, -0.2) is 18.6 Å². The molecule has 2 saturated heterocycles. The molecule has 0 atom stereocenters. The quantitative estimate of drug-likeness (QED) is 0.172. The lowest BCUT2D eigenvalue weighted by atomic mass is 9.74. The summed E-state index contributed by atoms with van der Waals surface area (Å²) in [5.74, 6) is 0.124. The fourth-order valence-electron chi connectivity index (χ4n) is 5.99. The van der Waals surface area contributed by atoms with Gasteiger partial charge in [0.05, 0.1) is 16.2 Å². The Morgan fingerprint density at radius 3 is 2.43 bits per heavy atom. The number of nitro groups is 1. The van der Waals surface area contributed by atoms with Crippen LogP contribution in [0.15, 0.2) is 36.4 Å². The number of nitrogens with zero attached hydrogens (tertiary/aromatic N) is 4. The molecule has 2 aromatic rings. The molecule has 240 valence electrons. The van der Waals surface area contributed by atoms with Crippen molar-refractivity contribution in [3.8, 4) is 0 Å². The molecular weight excluding hydrogens is 596 g/mol. The van der Waals surface area contributed by atoms with Crippen molar-refractivity contribution in [1.29, 1.82) is 0 Å². The second-order valence-electron chi connectivity index (χ2n) is 12.7. The Morgan fingerprint density at radius 1 is 1.16 bits per heavy atom. The van der Waals surface area contributed by atoms with Gasteiger partial charge in [-0.15, -0.1) is 0 Å². The second kappa shape index (κ2) is 14.0. The molecule has 0 unspecified atom stereocenters. The van der Waals surface area contributed by atoms with Crippen LogP contribution in [0.1, 0.15) is 76.1 Å². The van der Waals surface area contributed by atoms with Crippen LogP contribution in [0.5, 0.6) is 0 Å². The van der Waals surface area contributed by atoms with Crippen molar-refractivity contribution in [1.82, 2.24) is 9.88 Å². The van der Waals surface area contributed by atoms with E-state index in [2.05, 4.69) is 10.3 Å². The second-order valence-corrected chi connectivity index (χ2v) is 13.1. The van der Waals surface area contributed by atoms with Crippen LogP contribution in [0.25, 0.3) is 0 Å². The Morgan fingerprint density at radius 2 is 1.84 bits per heavy atom. The van der Waals surface area contributed by atoms with Crippen LogP contribution in [0.2, 0.25) is 5.15 Å². The van der Waals surface area contributed by atoms with Gasteiger partial charge < -0.3 is 19.9 Å². The molecule has 13 heteroatoms. The van der Waals surface area contributed by atoms with E-state index in [1.165, 1.54) is 23.1 Å². The van der Waals surface area contributed by atoms with Crippen molar-refractivity contribution in [3.63, 3.8) is 0 Å². The summed E-state index contributed by atoms with van der Waals surface area (Å²) >= 11 is 5.93. The maximum atomic E-state index is 14.3. The van der Waals surface area contributed by atoms with Gasteiger partial charge in [-0.2, -0.15) is 0 Å². The minimum Gasteiger partial charge on any atom is -0.444 e. The fraction of sp³-hybridized carbons (Fsp3) is 0.581. The van der Waals surface area contributed by atoms with E-state index in [-0.39, 0.29) is 48.2 Å². The van der Waals surface area contributed by atoms with E-state index in [1.54, 1.807) is 39.0 Å². The lowest BCUT2D eigenvalue weighted by Crippen LogP contribution is -2.47. The number of halogens is 3. The zero-order valence-corrected chi connectivity index (χ0v) is 26.1. The molecule has 4 rings (SSSR count). The molecule has 0 radical (unpaired) electrons. The number of carbonyl (C=O) groups excluding carboxylic acids is 2. The van der Waals surface area contributed by atoms with Gasteiger partial charge in [0, 0.05) is 43.7 Å². The number of amides is 2. The van der Waals surface area contributed by atoms with Gasteiger partial charge in [-0.3, -0.25) is 14.9 Å². The topological polar surface area (TPSA) is 118 Å². The lowest BCUT2D eigenvalue weighted by Gasteiger charge is -2.42. The number of piperidine rings is 2. The average molecular weight is 636 g/mol. The number of non-ortho nitro benzene ring substituents is 1. The van der Waals surface area contributed by atoms with Gasteiger partial charge in [0.15, 0.2) is 0 Å². The number of aromatic nitrogens is 1. The smallest absolute Gasteiger partial charge is 0.410 e. The first-order valence-corrected chi connectivity index (χ1v) is 15.4. The standard InChI is InChI=1S/C31H40ClF2N5O5/c1-30(2,3)44-29(41)38-18-14-31(15-19-38,28(33)34)13-5-6-21-11-16-37(17-12-21)24-20-22(39(42)43)9-10-23(24)27(40)36-26-8-4-7-25(32)35-26/h4,7-10,20-21,28H,5-6,11-19H2,1-3H3,(H,35,36,40). The van der Waals surface area contributed by atoms with Gasteiger partial charge in [0.2, 0.25) is 6.43 Å². The molecule has 1 aromatic heterocycles. The molecule has 2 amide bonds. The van der Waals surface area contributed by atoms with Gasteiger partial charge in [-0.05, 0) is 77.0 Å². The molecule has 0 bridgehead atoms. The normalized spacial score (nSPS) is 17.4. The summed E-state index contributed by atoms with van der Waals surface area (Å²) in [6.45, 7) is 7.00. The number of pyridine rings is 1. The average Bonchev–Trinajstić information content (AvgIpc) is 2.96.